The van der Waals surface area contributed by atoms with Crippen LogP contribution in [0.25, 0.3) is 49.8 Å². The smallest absolute Gasteiger partial charge is 0.146 e. The normalized spacial score (nSPS) is 13.5. The Hall–Kier alpha value is -4.05. The zero-order valence-corrected chi connectivity index (χ0v) is 16.6. The molecule has 0 spiro atoms. The number of hydrogen-bond donors (Lipinski definition) is 0. The third-order valence-electron chi connectivity index (χ3n) is 7.02. The van der Waals surface area contributed by atoms with Crippen molar-refractivity contribution >= 4 is 27.5 Å². The van der Waals surface area contributed by atoms with Crippen LogP contribution in [0.1, 0.15) is 22.4 Å². The van der Waals surface area contributed by atoms with Crippen LogP contribution in [0.15, 0.2) is 73.2 Å². The third-order valence-corrected chi connectivity index (χ3v) is 7.02. The fraction of sp³-hybridized carbons (Fsp3) is 0.0741. The van der Waals surface area contributed by atoms with Gasteiger partial charge in [0.2, 0.25) is 0 Å². The van der Waals surface area contributed by atoms with E-state index in [1.165, 1.54) is 39.1 Å². The van der Waals surface area contributed by atoms with Crippen molar-refractivity contribution in [2.45, 2.75) is 12.8 Å². The maximum Gasteiger partial charge on any atom is 0.146 e. The Morgan fingerprint density at radius 1 is 0.742 bits per heavy atom. The van der Waals surface area contributed by atoms with E-state index in [2.05, 4.69) is 57.9 Å². The molecule has 0 radical (unpaired) electrons. The zero-order chi connectivity index (χ0) is 20.1. The monoisotopic (exact) mass is 396 g/mol. The molecule has 144 valence electrons. The maximum atomic E-state index is 5.19. The first-order valence-corrected chi connectivity index (χ1v) is 10.6. The molecule has 0 bridgehead atoms. The van der Waals surface area contributed by atoms with E-state index in [1.54, 1.807) is 0 Å². The Kier molecular flexibility index (Phi) is 2.72. The lowest BCUT2D eigenvalue weighted by atomic mass is 9.97. The van der Waals surface area contributed by atoms with Gasteiger partial charge in [-0.25, -0.2) is 4.98 Å². The van der Waals surface area contributed by atoms with Crippen molar-refractivity contribution in [3.8, 4) is 22.4 Å². The summed E-state index contributed by atoms with van der Waals surface area (Å²) in [6.07, 6.45) is 7.52. The van der Waals surface area contributed by atoms with Gasteiger partial charge in [0.1, 0.15) is 5.65 Å². The largest absolute Gasteiger partial charge is 0.294 e. The van der Waals surface area contributed by atoms with E-state index >= 15 is 0 Å². The molecule has 0 unspecified atom stereocenters. The number of hydrogen-bond acceptors (Lipinski definition) is 3. The van der Waals surface area contributed by atoms with Crippen LogP contribution in [-0.4, -0.2) is 19.4 Å². The van der Waals surface area contributed by atoms with Crippen molar-refractivity contribution in [3.05, 3.63) is 95.6 Å². The molecule has 0 amide bonds. The Morgan fingerprint density at radius 3 is 2.65 bits per heavy atom. The summed E-state index contributed by atoms with van der Waals surface area (Å²) < 4.78 is 2.33. The Labute approximate surface area is 177 Å². The SMILES string of the molecule is c1ccc2c(c1)Cc1c-2ccc2c1Cc1c-2nc2c3ccncc3c3ncccc3n12. The summed E-state index contributed by atoms with van der Waals surface area (Å²) in [5, 5.41) is 2.16. The van der Waals surface area contributed by atoms with E-state index in [0.717, 1.165) is 46.0 Å². The molecule has 0 aliphatic heterocycles. The first kappa shape index (κ1) is 15.7. The number of benzene rings is 2. The van der Waals surface area contributed by atoms with Crippen molar-refractivity contribution in [1.29, 1.82) is 0 Å². The molecular formula is C27H16N4. The van der Waals surface area contributed by atoms with Gasteiger partial charge in [-0.1, -0.05) is 36.4 Å². The van der Waals surface area contributed by atoms with E-state index < -0.39 is 0 Å². The molecule has 6 aromatic rings. The summed E-state index contributed by atoms with van der Waals surface area (Å²) in [5.41, 5.74) is 13.8. The van der Waals surface area contributed by atoms with Crippen molar-refractivity contribution in [2.24, 2.45) is 0 Å². The summed E-state index contributed by atoms with van der Waals surface area (Å²) in [5.74, 6) is 0. The van der Waals surface area contributed by atoms with Crippen LogP contribution < -0.4 is 0 Å². The van der Waals surface area contributed by atoms with E-state index in [0.29, 0.717) is 0 Å². The molecule has 4 heteroatoms. The average molecular weight is 396 g/mol. The first-order valence-electron chi connectivity index (χ1n) is 10.6. The van der Waals surface area contributed by atoms with Gasteiger partial charge in [0.05, 0.1) is 22.4 Å². The molecule has 2 aromatic carbocycles. The fourth-order valence-electron chi connectivity index (χ4n) is 5.70. The van der Waals surface area contributed by atoms with Gasteiger partial charge in [-0.2, -0.15) is 0 Å². The predicted molar refractivity (Wildman–Crippen MR) is 122 cm³/mol. The van der Waals surface area contributed by atoms with Crippen LogP contribution in [-0.2, 0) is 12.8 Å². The molecule has 4 aromatic heterocycles. The third kappa shape index (κ3) is 1.84. The minimum atomic E-state index is 0.906. The summed E-state index contributed by atoms with van der Waals surface area (Å²) in [7, 11) is 0. The van der Waals surface area contributed by atoms with Gasteiger partial charge in [0.15, 0.2) is 0 Å². The summed E-state index contributed by atoms with van der Waals surface area (Å²) >= 11 is 0. The highest BCUT2D eigenvalue weighted by atomic mass is 15.0. The molecule has 2 aliphatic rings. The second-order valence-electron chi connectivity index (χ2n) is 8.49. The van der Waals surface area contributed by atoms with Gasteiger partial charge < -0.3 is 0 Å². The van der Waals surface area contributed by atoms with E-state index in [1.807, 2.05) is 24.7 Å². The van der Waals surface area contributed by atoms with E-state index in [-0.39, 0.29) is 0 Å². The minimum absolute atomic E-state index is 0.906. The van der Waals surface area contributed by atoms with Crippen LogP contribution in [0.2, 0.25) is 0 Å². The lowest BCUT2D eigenvalue weighted by Gasteiger charge is -2.10. The number of aromatic nitrogens is 4. The molecule has 0 saturated carbocycles. The van der Waals surface area contributed by atoms with Crippen LogP contribution >= 0.6 is 0 Å². The van der Waals surface area contributed by atoms with Crippen LogP contribution in [0.4, 0.5) is 0 Å². The highest BCUT2D eigenvalue weighted by Crippen LogP contribution is 2.47. The topological polar surface area (TPSA) is 43.1 Å². The van der Waals surface area contributed by atoms with Crippen molar-refractivity contribution in [2.75, 3.05) is 0 Å². The Morgan fingerprint density at radius 2 is 1.65 bits per heavy atom. The number of pyridine rings is 3. The standard InChI is InChI=1S/C27H16N4/c1-2-5-16-15(4-1)12-20-17(16)7-8-18-21(20)13-24-26(18)30-27-19-9-11-28-14-22(19)25-23(31(24)27)6-3-10-29-25/h1-11,14H,12-13H2. The molecule has 4 nitrogen and oxygen atoms in total. The summed E-state index contributed by atoms with van der Waals surface area (Å²) in [6.45, 7) is 0. The van der Waals surface area contributed by atoms with Crippen LogP contribution in [0, 0.1) is 0 Å². The zero-order valence-electron chi connectivity index (χ0n) is 16.6. The number of imidazole rings is 1. The molecular weight excluding hydrogens is 380 g/mol. The predicted octanol–water partition coefficient (Wildman–Crippen LogP) is 5.57. The van der Waals surface area contributed by atoms with Crippen molar-refractivity contribution in [3.63, 3.8) is 0 Å². The van der Waals surface area contributed by atoms with Crippen LogP contribution in [0.3, 0.4) is 0 Å². The Balaban J connectivity index is 1.47. The molecule has 2 aliphatic carbocycles. The van der Waals surface area contributed by atoms with Gasteiger partial charge in [0, 0.05) is 41.3 Å². The van der Waals surface area contributed by atoms with Gasteiger partial charge in [-0.3, -0.25) is 14.4 Å². The first-order chi connectivity index (χ1) is 15.4. The van der Waals surface area contributed by atoms with Crippen molar-refractivity contribution < 1.29 is 0 Å². The summed E-state index contributed by atoms with van der Waals surface area (Å²) in [4.78, 5) is 14.3. The molecule has 0 saturated heterocycles. The second-order valence-corrected chi connectivity index (χ2v) is 8.49. The highest BCUT2D eigenvalue weighted by molar-refractivity contribution is 6.10. The number of fused-ring (bicyclic) bond motifs is 14. The average Bonchev–Trinajstić information content (AvgIpc) is 3.49. The molecule has 0 atom stereocenters. The minimum Gasteiger partial charge on any atom is -0.294 e. The van der Waals surface area contributed by atoms with Gasteiger partial charge in [0.25, 0.3) is 0 Å². The highest BCUT2D eigenvalue weighted by Gasteiger charge is 2.31. The molecule has 4 heterocycles. The van der Waals surface area contributed by atoms with Gasteiger partial charge in [-0.15, -0.1) is 0 Å². The number of nitrogens with zero attached hydrogens (tertiary/aromatic N) is 4. The molecule has 8 rings (SSSR count). The fourth-order valence-corrected chi connectivity index (χ4v) is 5.70. The summed E-state index contributed by atoms with van der Waals surface area (Å²) in [6, 6.07) is 19.6. The molecule has 31 heavy (non-hydrogen) atoms. The maximum absolute atomic E-state index is 5.19. The van der Waals surface area contributed by atoms with E-state index in [4.69, 9.17) is 9.97 Å². The Bertz CT molecular complexity index is 1740. The second kappa shape index (κ2) is 5.35. The molecule has 0 fully saturated rings. The van der Waals surface area contributed by atoms with Crippen molar-refractivity contribution in [1.82, 2.24) is 19.4 Å². The van der Waals surface area contributed by atoms with E-state index in [9.17, 15) is 0 Å². The van der Waals surface area contributed by atoms with Gasteiger partial charge in [-0.05, 0) is 52.4 Å². The molecule has 0 N–H and O–H groups in total. The number of rotatable bonds is 0. The lowest BCUT2D eigenvalue weighted by molar-refractivity contribution is 1.07. The quantitative estimate of drug-likeness (QED) is 0.315. The van der Waals surface area contributed by atoms with Gasteiger partial charge >= 0.3 is 0 Å². The lowest BCUT2D eigenvalue weighted by Crippen LogP contribution is -1.99. The van der Waals surface area contributed by atoms with Crippen LogP contribution in [0.5, 0.6) is 0 Å².